The van der Waals surface area contributed by atoms with Crippen molar-refractivity contribution < 1.29 is 20.1 Å². The van der Waals surface area contributed by atoms with E-state index in [2.05, 4.69) is 47.4 Å². The highest BCUT2D eigenvalue weighted by Crippen LogP contribution is 2.52. The molecule has 5 nitrogen and oxygen atoms in total. The molecule has 29 heavy (non-hydrogen) atoms. The van der Waals surface area contributed by atoms with Gasteiger partial charge in [0.2, 0.25) is 0 Å². The average Bonchev–Trinajstić information content (AvgIpc) is 3.38. The molecule has 0 spiro atoms. The highest BCUT2D eigenvalue weighted by molar-refractivity contribution is 5.71. The van der Waals surface area contributed by atoms with Gasteiger partial charge in [0.15, 0.2) is 0 Å². The molecule has 5 atom stereocenters. The third-order valence-electron chi connectivity index (χ3n) is 6.78. The van der Waals surface area contributed by atoms with Crippen molar-refractivity contribution in [3.63, 3.8) is 0 Å². The molecule has 1 aromatic carbocycles. The molecule has 160 valence electrons. The zero-order chi connectivity index (χ0) is 20.9. The minimum Gasteiger partial charge on any atom is -0.479 e. The van der Waals surface area contributed by atoms with Gasteiger partial charge in [-0.25, -0.2) is 4.79 Å². The van der Waals surface area contributed by atoms with Gasteiger partial charge in [-0.2, -0.15) is 0 Å². The molecular formula is C24H35NO4. The van der Waals surface area contributed by atoms with Gasteiger partial charge in [-0.15, -0.1) is 0 Å². The summed E-state index contributed by atoms with van der Waals surface area (Å²) in [4.78, 5) is 12.0. The molecule has 1 heterocycles. The van der Waals surface area contributed by atoms with E-state index in [1.165, 1.54) is 45.7 Å². The largest absolute Gasteiger partial charge is 0.479 e. The smallest absolute Gasteiger partial charge is 0.332 e. The van der Waals surface area contributed by atoms with Crippen LogP contribution >= 0.6 is 0 Å². The molecule has 1 unspecified atom stereocenters. The van der Waals surface area contributed by atoms with Crippen LogP contribution in [-0.2, 0) is 10.4 Å². The number of carboxylic acids is 1. The van der Waals surface area contributed by atoms with Crippen molar-refractivity contribution in [1.29, 1.82) is 0 Å². The standard InChI is InChI=1S/C21H29NO.C3H6O3/c23-21(19-7-3-1-4-8-19,11-14-22-12-5-2-6-13-22)20-16-17-9-10-18(20)15-17;1-2(4)3(5)6/h1,3-4,7-10,17-18,20,23H,2,5-6,11-16H2;2,4H,1H3,(H,5,6)/t17-,18+,20+,21+;/m1./s1. The first kappa shape index (κ1) is 22.0. The molecule has 0 radical (unpaired) electrons. The number of hydrogen-bond donors (Lipinski definition) is 3. The number of likely N-dealkylation sites (tertiary alicyclic amines) is 1. The zero-order valence-electron chi connectivity index (χ0n) is 17.4. The molecule has 2 aliphatic carbocycles. The molecule has 4 rings (SSSR count). The van der Waals surface area contributed by atoms with E-state index >= 15 is 0 Å². The van der Waals surface area contributed by atoms with E-state index < -0.39 is 17.7 Å². The Bertz CT molecular complexity index is 683. The van der Waals surface area contributed by atoms with E-state index in [4.69, 9.17) is 10.2 Å². The maximum Gasteiger partial charge on any atom is 0.332 e. The summed E-state index contributed by atoms with van der Waals surface area (Å²) in [6.45, 7) is 4.65. The van der Waals surface area contributed by atoms with Gasteiger partial charge >= 0.3 is 5.97 Å². The van der Waals surface area contributed by atoms with Crippen molar-refractivity contribution >= 4 is 5.97 Å². The predicted molar refractivity (Wildman–Crippen MR) is 113 cm³/mol. The lowest BCUT2D eigenvalue weighted by molar-refractivity contribution is -0.145. The highest BCUT2D eigenvalue weighted by Gasteiger charge is 2.48. The second-order valence-corrected chi connectivity index (χ2v) is 8.84. The SMILES string of the molecule is CC(O)C(=O)O.O[C@@](CCN1CCCCC1)(c1ccccc1)[C@H]1C[C@@H]2C=C[C@H]1C2. The van der Waals surface area contributed by atoms with Crippen LogP contribution in [0.25, 0.3) is 0 Å². The van der Waals surface area contributed by atoms with Crippen molar-refractivity contribution in [1.82, 2.24) is 4.90 Å². The van der Waals surface area contributed by atoms with Crippen molar-refractivity contribution in [3.8, 4) is 0 Å². The number of aliphatic hydroxyl groups excluding tert-OH is 1. The van der Waals surface area contributed by atoms with Crippen LogP contribution < -0.4 is 0 Å². The van der Waals surface area contributed by atoms with Crippen molar-refractivity contribution in [3.05, 3.63) is 48.0 Å². The predicted octanol–water partition coefficient (Wildman–Crippen LogP) is 3.41. The van der Waals surface area contributed by atoms with Gasteiger partial charge < -0.3 is 20.2 Å². The van der Waals surface area contributed by atoms with Crippen molar-refractivity contribution in [2.45, 2.75) is 57.2 Å². The molecule has 0 aromatic heterocycles. The summed E-state index contributed by atoms with van der Waals surface area (Å²) < 4.78 is 0. The summed E-state index contributed by atoms with van der Waals surface area (Å²) in [5.74, 6) is 0.487. The molecular weight excluding hydrogens is 366 g/mol. The van der Waals surface area contributed by atoms with Crippen LogP contribution in [-0.4, -0.2) is 51.9 Å². The van der Waals surface area contributed by atoms with Crippen LogP contribution in [0.2, 0.25) is 0 Å². The van der Waals surface area contributed by atoms with Crippen LogP contribution in [0.15, 0.2) is 42.5 Å². The van der Waals surface area contributed by atoms with E-state index in [0.717, 1.165) is 24.9 Å². The molecule has 2 fully saturated rings. The molecule has 1 aromatic rings. The van der Waals surface area contributed by atoms with Crippen LogP contribution in [0, 0.1) is 17.8 Å². The molecule has 2 bridgehead atoms. The monoisotopic (exact) mass is 401 g/mol. The number of benzene rings is 1. The van der Waals surface area contributed by atoms with Gasteiger partial charge in [-0.3, -0.25) is 0 Å². The summed E-state index contributed by atoms with van der Waals surface area (Å²) in [6, 6.07) is 10.5. The molecule has 5 heteroatoms. The minimum absolute atomic E-state index is 0.393. The number of carboxylic acid groups (broad SMARTS) is 1. The molecule has 0 amide bonds. The lowest BCUT2D eigenvalue weighted by Crippen LogP contribution is -2.42. The Morgan fingerprint density at radius 3 is 2.31 bits per heavy atom. The summed E-state index contributed by atoms with van der Waals surface area (Å²) in [5, 5.41) is 27.5. The normalized spacial score (nSPS) is 29.0. The molecule has 1 saturated carbocycles. The lowest BCUT2D eigenvalue weighted by Gasteiger charge is -2.40. The second-order valence-electron chi connectivity index (χ2n) is 8.84. The highest BCUT2D eigenvalue weighted by atomic mass is 16.4. The topological polar surface area (TPSA) is 81.0 Å². The number of aliphatic carboxylic acids is 1. The van der Waals surface area contributed by atoms with Crippen LogP contribution in [0.5, 0.6) is 0 Å². The van der Waals surface area contributed by atoms with Gasteiger partial charge in [0.25, 0.3) is 0 Å². The quantitative estimate of drug-likeness (QED) is 0.637. The Morgan fingerprint density at radius 2 is 1.79 bits per heavy atom. The summed E-state index contributed by atoms with van der Waals surface area (Å²) in [6.07, 6.45) is 10.8. The Labute approximate surface area is 174 Å². The molecule has 3 N–H and O–H groups in total. The number of carbonyl (C=O) groups is 1. The third-order valence-corrected chi connectivity index (χ3v) is 6.78. The van der Waals surface area contributed by atoms with Gasteiger partial charge in [0, 0.05) is 6.54 Å². The fourth-order valence-corrected chi connectivity index (χ4v) is 5.11. The zero-order valence-corrected chi connectivity index (χ0v) is 17.4. The van der Waals surface area contributed by atoms with Crippen LogP contribution in [0.1, 0.15) is 51.0 Å². The van der Waals surface area contributed by atoms with Gasteiger partial charge in [-0.05, 0) is 75.4 Å². The van der Waals surface area contributed by atoms with Crippen molar-refractivity contribution in [2.75, 3.05) is 19.6 Å². The van der Waals surface area contributed by atoms with E-state index in [0.29, 0.717) is 17.8 Å². The summed E-state index contributed by atoms with van der Waals surface area (Å²) >= 11 is 0. The van der Waals surface area contributed by atoms with E-state index in [9.17, 15) is 9.90 Å². The van der Waals surface area contributed by atoms with Gasteiger partial charge in [-0.1, -0.05) is 48.9 Å². The van der Waals surface area contributed by atoms with Gasteiger partial charge in [0.1, 0.15) is 6.10 Å². The summed E-state index contributed by atoms with van der Waals surface area (Å²) in [5.41, 5.74) is 0.464. The summed E-state index contributed by atoms with van der Waals surface area (Å²) in [7, 11) is 0. The first-order chi connectivity index (χ1) is 13.9. The number of rotatable bonds is 6. The Balaban J connectivity index is 0.000000353. The fourth-order valence-electron chi connectivity index (χ4n) is 5.11. The van der Waals surface area contributed by atoms with Crippen LogP contribution in [0.3, 0.4) is 0 Å². The number of nitrogens with zero attached hydrogens (tertiary/aromatic N) is 1. The van der Waals surface area contributed by atoms with E-state index in [1.54, 1.807) is 0 Å². The van der Waals surface area contributed by atoms with Crippen LogP contribution in [0.4, 0.5) is 0 Å². The molecule has 1 saturated heterocycles. The third kappa shape index (κ3) is 5.47. The average molecular weight is 402 g/mol. The first-order valence-corrected chi connectivity index (χ1v) is 11.0. The number of allylic oxidation sites excluding steroid dienone is 2. The minimum atomic E-state index is -1.23. The molecule has 3 aliphatic rings. The number of aliphatic hydroxyl groups is 2. The number of hydrogen-bond acceptors (Lipinski definition) is 4. The maximum atomic E-state index is 11.8. The Morgan fingerprint density at radius 1 is 1.14 bits per heavy atom. The Hall–Kier alpha value is -1.69. The van der Waals surface area contributed by atoms with Gasteiger partial charge in [0.05, 0.1) is 5.60 Å². The second kappa shape index (κ2) is 9.88. The maximum absolute atomic E-state index is 11.8. The fraction of sp³-hybridized carbons (Fsp3) is 0.625. The van der Waals surface area contributed by atoms with Crippen molar-refractivity contribution in [2.24, 2.45) is 17.8 Å². The molecule has 1 aliphatic heterocycles. The van der Waals surface area contributed by atoms with E-state index in [1.807, 2.05) is 0 Å². The number of piperidine rings is 1. The lowest BCUT2D eigenvalue weighted by atomic mass is 9.72. The number of fused-ring (bicyclic) bond motifs is 2. The first-order valence-electron chi connectivity index (χ1n) is 11.0. The Kier molecular flexibility index (Phi) is 7.49. The van der Waals surface area contributed by atoms with E-state index in [-0.39, 0.29) is 0 Å².